The van der Waals surface area contributed by atoms with Crippen LogP contribution in [0.2, 0.25) is 0 Å². The summed E-state index contributed by atoms with van der Waals surface area (Å²) in [6.07, 6.45) is 7.36. The molecule has 2 aromatic carbocycles. The van der Waals surface area contributed by atoms with E-state index in [1.165, 1.54) is 18.2 Å². The third-order valence-corrected chi connectivity index (χ3v) is 7.00. The lowest BCUT2D eigenvalue weighted by Crippen LogP contribution is -2.39. The van der Waals surface area contributed by atoms with Gasteiger partial charge in [-0.25, -0.2) is 0 Å². The fraction of sp³-hybridized carbons (Fsp3) is 0.320. The molecular formula is C25H26N2O4S2. The Hall–Kier alpha value is -2.84. The molecule has 1 saturated heterocycles. The van der Waals surface area contributed by atoms with E-state index in [1.54, 1.807) is 24.1 Å². The normalized spacial score (nSPS) is 18.0. The smallest absolute Gasteiger partial charge is 0.266 e. The Morgan fingerprint density at radius 2 is 1.91 bits per heavy atom. The van der Waals surface area contributed by atoms with Gasteiger partial charge in [-0.05, 0) is 48.7 Å². The van der Waals surface area contributed by atoms with Gasteiger partial charge in [0, 0.05) is 11.7 Å². The zero-order valence-electron chi connectivity index (χ0n) is 18.4. The highest BCUT2D eigenvalue weighted by molar-refractivity contribution is 8.26. The van der Waals surface area contributed by atoms with Crippen LogP contribution in [0.25, 0.3) is 6.08 Å². The molecule has 2 fully saturated rings. The second-order valence-corrected chi connectivity index (χ2v) is 9.63. The summed E-state index contributed by atoms with van der Waals surface area (Å²) in [6, 6.07) is 14.8. The molecule has 172 valence electrons. The van der Waals surface area contributed by atoms with Gasteiger partial charge < -0.3 is 14.8 Å². The minimum atomic E-state index is -0.265. The van der Waals surface area contributed by atoms with E-state index >= 15 is 0 Å². The van der Waals surface area contributed by atoms with E-state index in [2.05, 4.69) is 5.32 Å². The number of hydrogen-bond acceptors (Lipinski definition) is 6. The molecule has 33 heavy (non-hydrogen) atoms. The number of rotatable bonds is 7. The molecule has 0 radical (unpaired) electrons. The summed E-state index contributed by atoms with van der Waals surface area (Å²) in [7, 11) is 1.54. The van der Waals surface area contributed by atoms with Crippen LogP contribution in [0.5, 0.6) is 11.5 Å². The molecule has 0 unspecified atom stereocenters. The number of nitrogens with zero attached hydrogens (tertiary/aromatic N) is 1. The predicted molar refractivity (Wildman–Crippen MR) is 135 cm³/mol. The topological polar surface area (TPSA) is 67.9 Å². The Balaban J connectivity index is 1.42. The number of anilines is 1. The Morgan fingerprint density at radius 1 is 1.15 bits per heavy atom. The molecular weight excluding hydrogens is 456 g/mol. The predicted octanol–water partition coefficient (Wildman–Crippen LogP) is 5.25. The van der Waals surface area contributed by atoms with Crippen LogP contribution in [0.15, 0.2) is 53.4 Å². The SMILES string of the molecule is COc1cc(/C=C2\SC(=S)N(C3CCCCC3)C2=O)ccc1OCC(=O)Nc1ccccc1. The molecule has 0 atom stereocenters. The van der Waals surface area contributed by atoms with Gasteiger partial charge in [-0.1, -0.05) is 67.5 Å². The lowest BCUT2D eigenvalue weighted by Gasteiger charge is -2.29. The van der Waals surface area contributed by atoms with Crippen molar-refractivity contribution >= 4 is 51.9 Å². The van der Waals surface area contributed by atoms with E-state index in [0.717, 1.165) is 31.2 Å². The summed E-state index contributed by atoms with van der Waals surface area (Å²) in [4.78, 5) is 27.6. The van der Waals surface area contributed by atoms with Crippen LogP contribution in [0, 0.1) is 0 Å². The maximum Gasteiger partial charge on any atom is 0.266 e. The fourth-order valence-electron chi connectivity index (χ4n) is 4.04. The van der Waals surface area contributed by atoms with E-state index < -0.39 is 0 Å². The summed E-state index contributed by atoms with van der Waals surface area (Å²) >= 11 is 6.86. The molecule has 1 aliphatic heterocycles. The number of carbonyl (C=O) groups excluding carboxylic acids is 2. The van der Waals surface area contributed by atoms with Crippen LogP contribution < -0.4 is 14.8 Å². The second kappa shape index (κ2) is 10.9. The molecule has 6 nitrogen and oxygen atoms in total. The highest BCUT2D eigenvalue weighted by atomic mass is 32.2. The van der Waals surface area contributed by atoms with Crippen LogP contribution in [0.4, 0.5) is 5.69 Å². The van der Waals surface area contributed by atoms with E-state index in [4.69, 9.17) is 21.7 Å². The highest BCUT2D eigenvalue weighted by Gasteiger charge is 2.37. The number of carbonyl (C=O) groups is 2. The second-order valence-electron chi connectivity index (χ2n) is 7.96. The Morgan fingerprint density at radius 3 is 2.64 bits per heavy atom. The lowest BCUT2D eigenvalue weighted by atomic mass is 9.94. The molecule has 0 spiro atoms. The standard InChI is InChI=1S/C25H26N2O4S2/c1-30-21-14-17(12-13-20(21)31-16-23(28)26-18-8-4-2-5-9-18)15-22-24(29)27(25(32)33-22)19-10-6-3-7-11-19/h2,4-5,8-9,12-15,19H,3,6-7,10-11,16H2,1H3,(H,26,28)/b22-15-. The summed E-state index contributed by atoms with van der Waals surface area (Å²) in [5, 5.41) is 2.78. The molecule has 2 aromatic rings. The molecule has 1 heterocycles. The first-order valence-corrected chi connectivity index (χ1v) is 12.2. The van der Waals surface area contributed by atoms with Crippen molar-refractivity contribution in [2.75, 3.05) is 19.0 Å². The van der Waals surface area contributed by atoms with Crippen molar-refractivity contribution in [3.8, 4) is 11.5 Å². The zero-order chi connectivity index (χ0) is 23.2. The Bertz CT molecular complexity index is 1070. The van der Waals surface area contributed by atoms with E-state index in [-0.39, 0.29) is 24.5 Å². The van der Waals surface area contributed by atoms with Crippen LogP contribution in [-0.2, 0) is 9.59 Å². The van der Waals surface area contributed by atoms with E-state index in [9.17, 15) is 9.59 Å². The first-order valence-electron chi connectivity index (χ1n) is 11.0. The number of nitrogens with one attached hydrogen (secondary N) is 1. The van der Waals surface area contributed by atoms with Gasteiger partial charge in [0.15, 0.2) is 18.1 Å². The lowest BCUT2D eigenvalue weighted by molar-refractivity contribution is -0.124. The molecule has 4 rings (SSSR count). The van der Waals surface area contributed by atoms with Crippen LogP contribution in [-0.4, -0.2) is 40.8 Å². The van der Waals surface area contributed by atoms with Crippen molar-refractivity contribution < 1.29 is 19.1 Å². The average Bonchev–Trinajstić information content (AvgIpc) is 3.11. The molecule has 1 aliphatic carbocycles. The quantitative estimate of drug-likeness (QED) is 0.430. The van der Waals surface area contributed by atoms with Crippen molar-refractivity contribution in [1.82, 2.24) is 4.90 Å². The van der Waals surface area contributed by atoms with Gasteiger partial charge >= 0.3 is 0 Å². The Labute approximate surface area is 203 Å². The molecule has 0 bridgehead atoms. The van der Waals surface area contributed by atoms with Crippen molar-refractivity contribution in [3.05, 3.63) is 59.0 Å². The number of amides is 2. The fourth-order valence-corrected chi connectivity index (χ4v) is 5.44. The van der Waals surface area contributed by atoms with Crippen LogP contribution in [0.1, 0.15) is 37.7 Å². The molecule has 1 N–H and O–H groups in total. The third-order valence-electron chi connectivity index (χ3n) is 5.67. The summed E-state index contributed by atoms with van der Waals surface area (Å²) in [5.74, 6) is 0.652. The van der Waals surface area contributed by atoms with E-state index in [0.29, 0.717) is 26.4 Å². The van der Waals surface area contributed by atoms with Crippen molar-refractivity contribution in [3.63, 3.8) is 0 Å². The number of ether oxygens (including phenoxy) is 2. The summed E-state index contributed by atoms with van der Waals surface area (Å²) < 4.78 is 11.7. The van der Waals surface area contributed by atoms with Gasteiger partial charge in [-0.3, -0.25) is 14.5 Å². The number of thioether (sulfide) groups is 1. The van der Waals surface area contributed by atoms with Crippen molar-refractivity contribution in [2.45, 2.75) is 38.1 Å². The van der Waals surface area contributed by atoms with E-state index in [1.807, 2.05) is 42.5 Å². The minimum absolute atomic E-state index is 0.0197. The van der Waals surface area contributed by atoms with Crippen LogP contribution in [0.3, 0.4) is 0 Å². The average molecular weight is 483 g/mol. The summed E-state index contributed by atoms with van der Waals surface area (Å²) in [5.41, 5.74) is 1.51. The van der Waals surface area contributed by atoms with Gasteiger partial charge in [0.1, 0.15) is 4.32 Å². The Kier molecular flexibility index (Phi) is 7.67. The van der Waals surface area contributed by atoms with Crippen LogP contribution >= 0.6 is 24.0 Å². The van der Waals surface area contributed by atoms with Gasteiger partial charge in [0.25, 0.3) is 11.8 Å². The first-order chi connectivity index (χ1) is 16.0. The minimum Gasteiger partial charge on any atom is -0.493 e. The summed E-state index contributed by atoms with van der Waals surface area (Å²) in [6.45, 7) is -0.148. The number of para-hydroxylation sites is 1. The monoisotopic (exact) mass is 482 g/mol. The number of methoxy groups -OCH3 is 1. The van der Waals surface area contributed by atoms with Gasteiger partial charge in [0.05, 0.1) is 12.0 Å². The van der Waals surface area contributed by atoms with Crippen molar-refractivity contribution in [2.24, 2.45) is 0 Å². The molecule has 8 heteroatoms. The first kappa shape index (κ1) is 23.3. The maximum atomic E-state index is 13.0. The third kappa shape index (κ3) is 5.75. The molecule has 2 amide bonds. The number of hydrogen-bond donors (Lipinski definition) is 1. The molecule has 2 aliphatic rings. The number of thiocarbonyl (C=S) groups is 1. The molecule has 0 aromatic heterocycles. The van der Waals surface area contributed by atoms with Crippen molar-refractivity contribution in [1.29, 1.82) is 0 Å². The van der Waals surface area contributed by atoms with Gasteiger partial charge in [0.2, 0.25) is 0 Å². The number of benzene rings is 2. The van der Waals surface area contributed by atoms with Gasteiger partial charge in [-0.2, -0.15) is 0 Å². The zero-order valence-corrected chi connectivity index (χ0v) is 20.0. The molecule has 1 saturated carbocycles. The maximum absolute atomic E-state index is 13.0. The largest absolute Gasteiger partial charge is 0.493 e. The van der Waals surface area contributed by atoms with Gasteiger partial charge in [-0.15, -0.1) is 0 Å². The highest BCUT2D eigenvalue weighted by Crippen LogP contribution is 2.38.